The van der Waals surface area contributed by atoms with Crippen molar-refractivity contribution in [2.24, 2.45) is 5.92 Å². The van der Waals surface area contributed by atoms with Gasteiger partial charge in [-0.05, 0) is 26.0 Å². The maximum atomic E-state index is 14.4. The van der Waals surface area contributed by atoms with Gasteiger partial charge in [-0.3, -0.25) is 4.79 Å². The number of allylic oxidation sites excluding steroid dienone is 1. The molecule has 0 saturated heterocycles. The third-order valence-corrected chi connectivity index (χ3v) is 3.59. The van der Waals surface area contributed by atoms with Crippen LogP contribution in [0.5, 0.6) is 5.75 Å². The van der Waals surface area contributed by atoms with Crippen molar-refractivity contribution in [3.8, 4) is 17.6 Å². The van der Waals surface area contributed by atoms with Crippen molar-refractivity contribution in [3.63, 3.8) is 0 Å². The molecule has 1 radical (unpaired) electrons. The van der Waals surface area contributed by atoms with Gasteiger partial charge in [-0.1, -0.05) is 24.8 Å². The molecule has 0 fully saturated rings. The Kier molecular flexibility index (Phi) is 8.05. The normalized spacial score (nSPS) is 16.7. The molecule has 3 nitrogen and oxygen atoms in total. The fourth-order valence-electron chi connectivity index (χ4n) is 2.40. The van der Waals surface area contributed by atoms with Crippen LogP contribution >= 0.6 is 0 Å². The second kappa shape index (κ2) is 9.29. The predicted octanol–water partition coefficient (Wildman–Crippen LogP) is 3.40. The van der Waals surface area contributed by atoms with Crippen LogP contribution in [0.2, 0.25) is 0 Å². The van der Waals surface area contributed by atoms with E-state index in [0.29, 0.717) is 13.0 Å². The first kappa shape index (κ1) is 20.8. The fourth-order valence-corrected chi connectivity index (χ4v) is 2.40. The van der Waals surface area contributed by atoms with Crippen LogP contribution in [0.15, 0.2) is 12.1 Å². The van der Waals surface area contributed by atoms with Crippen LogP contribution in [0.4, 0.5) is 8.78 Å². The molecular weight excluding hydrogens is 389 g/mol. The van der Waals surface area contributed by atoms with Gasteiger partial charge in [-0.2, -0.15) is 0 Å². The number of carbonyl (C=O) groups excluding carboxylic acids is 1. The van der Waals surface area contributed by atoms with Gasteiger partial charge in [-0.25, -0.2) is 14.9 Å². The maximum Gasteiger partial charge on any atom is 0.225 e. The summed E-state index contributed by atoms with van der Waals surface area (Å²) in [5.74, 6) is 3.39. The first-order valence-corrected chi connectivity index (χ1v) is 7.43. The molecule has 1 aliphatic heterocycles. The van der Waals surface area contributed by atoms with E-state index in [2.05, 4.69) is 17.9 Å². The summed E-state index contributed by atoms with van der Waals surface area (Å²) in [6.07, 6.45) is 3.29. The zero-order chi connectivity index (χ0) is 17.0. The largest absolute Gasteiger partial charge is 0.481 e. The van der Waals surface area contributed by atoms with Gasteiger partial charge < -0.3 is 9.64 Å². The van der Waals surface area contributed by atoms with Gasteiger partial charge in [-0.15, -0.1) is 11.6 Å². The number of hydrogen-bond donors (Lipinski definition) is 0. The minimum Gasteiger partial charge on any atom is -0.481 e. The summed E-state index contributed by atoms with van der Waals surface area (Å²) in [5, 5.41) is 0. The van der Waals surface area contributed by atoms with E-state index >= 15 is 0 Å². The monoisotopic (exact) mass is 407 g/mol. The third kappa shape index (κ3) is 4.43. The molecule has 125 valence electrons. The molecule has 0 N–H and O–H groups in total. The Labute approximate surface area is 166 Å². The van der Waals surface area contributed by atoms with Crippen LogP contribution in [-0.2, 0) is 37.5 Å². The Hall–Kier alpha value is -1.25. The Morgan fingerprint density at radius 2 is 2.00 bits per heavy atom. The summed E-state index contributed by atoms with van der Waals surface area (Å²) in [5.41, 5.74) is -0.0912. The quantitative estimate of drug-likeness (QED) is 0.566. The van der Waals surface area contributed by atoms with Crippen molar-refractivity contribution in [1.29, 1.82) is 0 Å². The van der Waals surface area contributed by atoms with E-state index < -0.39 is 11.6 Å². The number of halogens is 2. The predicted molar refractivity (Wildman–Crippen MR) is 83.1 cm³/mol. The summed E-state index contributed by atoms with van der Waals surface area (Å²) in [6, 6.07) is 2.20. The van der Waals surface area contributed by atoms with E-state index in [4.69, 9.17) is 4.74 Å². The summed E-state index contributed by atoms with van der Waals surface area (Å²) in [6.45, 7) is 5.56. The second-order valence-electron chi connectivity index (χ2n) is 5.19. The molecule has 0 spiro atoms. The van der Waals surface area contributed by atoms with E-state index in [9.17, 15) is 13.6 Å². The fraction of sp³-hybridized carbons (Fsp3) is 0.389. The van der Waals surface area contributed by atoms with Crippen molar-refractivity contribution < 1.29 is 51.0 Å². The van der Waals surface area contributed by atoms with Gasteiger partial charge in [0.25, 0.3) is 0 Å². The molecule has 1 heterocycles. The van der Waals surface area contributed by atoms with Gasteiger partial charge in [0.2, 0.25) is 5.91 Å². The van der Waals surface area contributed by atoms with E-state index in [1.54, 1.807) is 20.8 Å². The van der Waals surface area contributed by atoms with Crippen molar-refractivity contribution in [1.82, 2.24) is 4.90 Å². The molecule has 1 atom stereocenters. The van der Waals surface area contributed by atoms with Crippen molar-refractivity contribution in [3.05, 3.63) is 35.4 Å². The van der Waals surface area contributed by atoms with Gasteiger partial charge in [0.15, 0.2) is 0 Å². The molecule has 0 aromatic heterocycles. The number of hydrogen-bond acceptors (Lipinski definition) is 2. The molecule has 1 unspecified atom stereocenters. The van der Waals surface area contributed by atoms with E-state index in [1.807, 2.05) is 0 Å². The SMILES string of the molecule is CC#CCOc1cc(F)c(C2=[C-]CC(C)C(=O)N2CC)c(F)c1.[Y]. The number of ether oxygens (including phenoxy) is 1. The molecule has 24 heavy (non-hydrogen) atoms. The number of nitrogens with zero attached hydrogens (tertiary/aromatic N) is 1. The third-order valence-electron chi connectivity index (χ3n) is 3.59. The van der Waals surface area contributed by atoms with Gasteiger partial charge in [0.05, 0.1) is 11.6 Å². The van der Waals surface area contributed by atoms with Crippen LogP contribution < -0.4 is 4.74 Å². The Balaban J connectivity index is 0.00000288. The summed E-state index contributed by atoms with van der Waals surface area (Å²) in [4.78, 5) is 13.5. The van der Waals surface area contributed by atoms with Crippen LogP contribution in [0.1, 0.15) is 32.8 Å². The minimum atomic E-state index is -0.784. The van der Waals surface area contributed by atoms with Crippen LogP contribution in [-0.4, -0.2) is 24.0 Å². The Morgan fingerprint density at radius 1 is 1.38 bits per heavy atom. The van der Waals surface area contributed by atoms with Crippen LogP contribution in [0.25, 0.3) is 5.70 Å². The molecule has 0 bridgehead atoms. The van der Waals surface area contributed by atoms with E-state index in [-0.39, 0.29) is 68.2 Å². The number of amides is 1. The molecular formula is C18H18F2NO2Y-. The summed E-state index contributed by atoms with van der Waals surface area (Å²) >= 11 is 0. The Bertz CT molecular complexity index is 684. The average molecular weight is 407 g/mol. The molecule has 1 aromatic rings. The molecule has 6 heteroatoms. The van der Waals surface area contributed by atoms with E-state index in [0.717, 1.165) is 12.1 Å². The first-order valence-electron chi connectivity index (χ1n) is 7.43. The Morgan fingerprint density at radius 3 is 2.54 bits per heavy atom. The van der Waals surface area contributed by atoms with Crippen LogP contribution in [0.3, 0.4) is 0 Å². The molecule has 1 aromatic carbocycles. The van der Waals surface area contributed by atoms with Gasteiger partial charge >= 0.3 is 0 Å². The van der Waals surface area contributed by atoms with Gasteiger partial charge in [0, 0.05) is 45.2 Å². The minimum absolute atomic E-state index is 0. The average Bonchev–Trinajstić information content (AvgIpc) is 2.50. The molecule has 0 saturated carbocycles. The summed E-state index contributed by atoms with van der Waals surface area (Å²) in [7, 11) is 0. The second-order valence-corrected chi connectivity index (χ2v) is 5.19. The number of rotatable bonds is 4. The first-order chi connectivity index (χ1) is 11.0. The summed E-state index contributed by atoms with van der Waals surface area (Å²) < 4.78 is 33.9. The van der Waals surface area contributed by atoms with Crippen molar-refractivity contribution >= 4 is 11.6 Å². The van der Waals surface area contributed by atoms with Crippen LogP contribution in [0, 0.1) is 35.5 Å². The van der Waals surface area contributed by atoms with Crippen molar-refractivity contribution in [2.75, 3.05) is 13.2 Å². The van der Waals surface area contributed by atoms with E-state index in [1.165, 1.54) is 4.90 Å². The number of benzene rings is 1. The zero-order valence-electron chi connectivity index (χ0n) is 14.0. The zero-order valence-corrected chi connectivity index (χ0v) is 16.8. The topological polar surface area (TPSA) is 29.5 Å². The smallest absolute Gasteiger partial charge is 0.225 e. The molecule has 1 amide bonds. The van der Waals surface area contributed by atoms with Crippen molar-refractivity contribution in [2.45, 2.75) is 27.2 Å². The number of carbonyl (C=O) groups is 1. The standard InChI is InChI=1S/C18H18F2NO2.Y/c1-4-6-9-23-13-10-14(19)17(15(20)11-13)16-8-7-12(3)18(22)21(16)5-2;/h10-12H,5,7,9H2,1-3H3;/q-1;. The maximum absolute atomic E-state index is 14.4. The molecule has 1 aliphatic rings. The molecule has 2 rings (SSSR count). The molecule has 0 aliphatic carbocycles. The van der Waals surface area contributed by atoms with Gasteiger partial charge in [0.1, 0.15) is 12.4 Å².